The molecule has 0 fully saturated rings. The number of carbonyl (C=O) groups is 4. The smallest absolute Gasteiger partial charge is 0.408 e. The standard InChI is InChI=1S/C25H37N5O5/c1-15(2)28-22(32)21(20-16(3)9-8-10-17(20)4)30(14-13-26)23(33)18(11-12-19(27)31)29-24(34)35-25(5,6)7/h8-10,15,18,21H,11-12,14H2,1-7H3,(H2,27,31)(H,28,32)(H,29,34). The minimum absolute atomic E-state index is 0.124. The van der Waals surface area contributed by atoms with Crippen molar-refractivity contribution in [1.82, 2.24) is 15.5 Å². The number of nitrogens with two attached hydrogens (primary N) is 1. The van der Waals surface area contributed by atoms with E-state index >= 15 is 0 Å². The summed E-state index contributed by atoms with van der Waals surface area (Å²) in [5.74, 6) is -1.83. The zero-order chi connectivity index (χ0) is 26.9. The van der Waals surface area contributed by atoms with Gasteiger partial charge in [0, 0.05) is 12.5 Å². The third-order valence-corrected chi connectivity index (χ3v) is 5.00. The topological polar surface area (TPSA) is 155 Å². The van der Waals surface area contributed by atoms with Gasteiger partial charge in [-0.2, -0.15) is 5.26 Å². The second-order valence-corrected chi connectivity index (χ2v) is 9.70. The third kappa shape index (κ3) is 9.27. The minimum atomic E-state index is -1.25. The fraction of sp³-hybridized carbons (Fsp3) is 0.560. The molecule has 4 amide bonds. The molecule has 35 heavy (non-hydrogen) atoms. The fourth-order valence-electron chi connectivity index (χ4n) is 3.62. The van der Waals surface area contributed by atoms with Crippen LogP contribution in [0.3, 0.4) is 0 Å². The van der Waals surface area contributed by atoms with Gasteiger partial charge >= 0.3 is 6.09 Å². The van der Waals surface area contributed by atoms with Crippen LogP contribution in [0.1, 0.15) is 70.2 Å². The van der Waals surface area contributed by atoms with Crippen LogP contribution in [-0.2, 0) is 19.1 Å². The number of hydrogen-bond acceptors (Lipinski definition) is 6. The predicted molar refractivity (Wildman–Crippen MR) is 131 cm³/mol. The molecule has 10 heteroatoms. The minimum Gasteiger partial charge on any atom is -0.444 e. The number of amides is 4. The molecule has 0 saturated carbocycles. The van der Waals surface area contributed by atoms with Crippen LogP contribution in [0.4, 0.5) is 4.79 Å². The number of primary amides is 1. The summed E-state index contributed by atoms with van der Waals surface area (Å²) in [5.41, 5.74) is 6.56. The Morgan fingerprint density at radius 1 is 1.11 bits per heavy atom. The van der Waals surface area contributed by atoms with Gasteiger partial charge in [-0.05, 0) is 71.6 Å². The van der Waals surface area contributed by atoms with E-state index in [1.165, 1.54) is 0 Å². The molecule has 0 aliphatic rings. The van der Waals surface area contributed by atoms with Crippen molar-refractivity contribution in [3.63, 3.8) is 0 Å². The van der Waals surface area contributed by atoms with Gasteiger partial charge in [-0.1, -0.05) is 18.2 Å². The van der Waals surface area contributed by atoms with Crippen molar-refractivity contribution in [3.8, 4) is 6.07 Å². The number of carbonyl (C=O) groups excluding carboxylic acids is 4. The predicted octanol–water partition coefficient (Wildman–Crippen LogP) is 2.38. The molecule has 0 aliphatic heterocycles. The lowest BCUT2D eigenvalue weighted by Gasteiger charge is -2.34. The van der Waals surface area contributed by atoms with Crippen LogP contribution >= 0.6 is 0 Å². The number of nitriles is 1. The number of nitrogens with zero attached hydrogens (tertiary/aromatic N) is 2. The first kappa shape index (κ1) is 29.4. The van der Waals surface area contributed by atoms with Gasteiger partial charge in [0.1, 0.15) is 24.2 Å². The molecule has 0 heterocycles. The fourth-order valence-corrected chi connectivity index (χ4v) is 3.62. The molecule has 2 atom stereocenters. The number of aryl methyl sites for hydroxylation is 2. The maximum atomic E-state index is 13.7. The number of alkyl carbamates (subject to hydrolysis) is 1. The Hall–Kier alpha value is -3.61. The van der Waals surface area contributed by atoms with E-state index in [-0.39, 0.29) is 18.9 Å². The number of benzene rings is 1. The van der Waals surface area contributed by atoms with Gasteiger partial charge < -0.3 is 26.0 Å². The Morgan fingerprint density at radius 2 is 1.69 bits per heavy atom. The van der Waals surface area contributed by atoms with Crippen LogP contribution in [0.25, 0.3) is 0 Å². The highest BCUT2D eigenvalue weighted by atomic mass is 16.6. The second kappa shape index (κ2) is 12.7. The summed E-state index contributed by atoms with van der Waals surface area (Å²) >= 11 is 0. The van der Waals surface area contributed by atoms with E-state index in [1.807, 2.05) is 38.1 Å². The van der Waals surface area contributed by atoms with E-state index in [9.17, 15) is 24.4 Å². The molecule has 0 radical (unpaired) electrons. The van der Waals surface area contributed by atoms with Crippen molar-refractivity contribution < 1.29 is 23.9 Å². The van der Waals surface area contributed by atoms with E-state index in [4.69, 9.17) is 10.5 Å². The molecule has 1 aromatic rings. The summed E-state index contributed by atoms with van der Waals surface area (Å²) in [7, 11) is 0. The van der Waals surface area contributed by atoms with Crippen molar-refractivity contribution >= 4 is 23.8 Å². The van der Waals surface area contributed by atoms with Gasteiger partial charge in [0.25, 0.3) is 0 Å². The van der Waals surface area contributed by atoms with Gasteiger partial charge in [0.05, 0.1) is 6.07 Å². The molecule has 2 unspecified atom stereocenters. The number of rotatable bonds is 10. The first-order valence-electron chi connectivity index (χ1n) is 11.5. The van der Waals surface area contributed by atoms with Crippen LogP contribution in [0.2, 0.25) is 0 Å². The molecule has 0 aromatic heterocycles. The first-order valence-corrected chi connectivity index (χ1v) is 11.5. The molecule has 192 valence electrons. The van der Waals surface area contributed by atoms with Gasteiger partial charge in [-0.25, -0.2) is 4.79 Å². The van der Waals surface area contributed by atoms with Crippen molar-refractivity contribution in [3.05, 3.63) is 34.9 Å². The van der Waals surface area contributed by atoms with Gasteiger partial charge in [-0.3, -0.25) is 14.4 Å². The van der Waals surface area contributed by atoms with Crippen LogP contribution in [0.5, 0.6) is 0 Å². The molecule has 1 rings (SSSR count). The number of hydrogen-bond donors (Lipinski definition) is 3. The maximum absolute atomic E-state index is 13.7. The van der Waals surface area contributed by atoms with Crippen LogP contribution in [0.15, 0.2) is 18.2 Å². The van der Waals surface area contributed by atoms with Crippen LogP contribution in [-0.4, -0.2) is 52.9 Å². The highest BCUT2D eigenvalue weighted by Crippen LogP contribution is 2.29. The molecule has 0 saturated heterocycles. The van der Waals surface area contributed by atoms with Crippen LogP contribution in [0, 0.1) is 25.2 Å². The van der Waals surface area contributed by atoms with E-state index in [0.29, 0.717) is 5.56 Å². The molecule has 4 N–H and O–H groups in total. The molecule has 0 spiro atoms. The Morgan fingerprint density at radius 3 is 2.14 bits per heavy atom. The van der Waals surface area contributed by atoms with Gasteiger partial charge in [0.15, 0.2) is 0 Å². The summed E-state index contributed by atoms with van der Waals surface area (Å²) in [6.07, 6.45) is -1.19. The normalized spacial score (nSPS) is 12.8. The van der Waals surface area contributed by atoms with Gasteiger partial charge in [-0.15, -0.1) is 0 Å². The number of nitrogens with one attached hydrogen (secondary N) is 2. The summed E-state index contributed by atoms with van der Waals surface area (Å²) < 4.78 is 5.27. The maximum Gasteiger partial charge on any atom is 0.408 e. The Balaban J connectivity index is 3.54. The average molecular weight is 488 g/mol. The highest BCUT2D eigenvalue weighted by Gasteiger charge is 2.37. The zero-order valence-corrected chi connectivity index (χ0v) is 21.6. The van der Waals surface area contributed by atoms with Crippen molar-refractivity contribution in [2.45, 2.75) is 85.0 Å². The molecule has 0 aliphatic carbocycles. The molecular weight excluding hydrogens is 450 g/mol. The van der Waals surface area contributed by atoms with Crippen molar-refractivity contribution in [1.29, 1.82) is 5.26 Å². The van der Waals surface area contributed by atoms with Crippen LogP contribution < -0.4 is 16.4 Å². The SMILES string of the molecule is Cc1cccc(C)c1C(C(=O)NC(C)C)N(CC#N)C(=O)C(CCC(N)=O)NC(=O)OC(C)(C)C. The largest absolute Gasteiger partial charge is 0.444 e. The molecule has 1 aromatic carbocycles. The zero-order valence-electron chi connectivity index (χ0n) is 21.6. The lowest BCUT2D eigenvalue weighted by atomic mass is 9.93. The molecule has 10 nitrogen and oxygen atoms in total. The van der Waals surface area contributed by atoms with Crippen molar-refractivity contribution in [2.24, 2.45) is 5.73 Å². The summed E-state index contributed by atoms with van der Waals surface area (Å²) in [5, 5.41) is 14.9. The highest BCUT2D eigenvalue weighted by molar-refractivity contribution is 5.93. The Labute approximate surface area is 207 Å². The first-order chi connectivity index (χ1) is 16.2. The van der Waals surface area contributed by atoms with E-state index in [2.05, 4.69) is 10.6 Å². The third-order valence-electron chi connectivity index (χ3n) is 5.00. The van der Waals surface area contributed by atoms with E-state index in [1.54, 1.807) is 34.6 Å². The summed E-state index contributed by atoms with van der Waals surface area (Å²) in [6, 6.07) is 4.81. The lowest BCUT2D eigenvalue weighted by Crippen LogP contribution is -2.54. The molecular formula is C25H37N5O5. The quantitative estimate of drug-likeness (QED) is 0.430. The lowest BCUT2D eigenvalue weighted by molar-refractivity contribution is -0.142. The van der Waals surface area contributed by atoms with E-state index in [0.717, 1.165) is 16.0 Å². The van der Waals surface area contributed by atoms with Crippen molar-refractivity contribution in [2.75, 3.05) is 6.54 Å². The summed E-state index contributed by atoms with van der Waals surface area (Å²) in [4.78, 5) is 52.2. The van der Waals surface area contributed by atoms with E-state index < -0.39 is 48.0 Å². The number of ether oxygens (including phenoxy) is 1. The average Bonchev–Trinajstić information content (AvgIpc) is 2.70. The Kier molecular flexibility index (Phi) is 10.7. The monoisotopic (exact) mass is 487 g/mol. The summed E-state index contributed by atoms with van der Waals surface area (Å²) in [6.45, 7) is 11.8. The second-order valence-electron chi connectivity index (χ2n) is 9.70. The Bertz CT molecular complexity index is 957. The van der Waals surface area contributed by atoms with Gasteiger partial charge in [0.2, 0.25) is 17.7 Å². The molecule has 0 bridgehead atoms.